The van der Waals surface area contributed by atoms with E-state index in [0.29, 0.717) is 32.8 Å². The van der Waals surface area contributed by atoms with Crippen molar-refractivity contribution in [2.24, 2.45) is 0 Å². The Kier molecular flexibility index (Phi) is 10.5. The summed E-state index contributed by atoms with van der Waals surface area (Å²) < 4.78 is 5.74. The van der Waals surface area contributed by atoms with Crippen LogP contribution in [0.15, 0.2) is 72.8 Å². The normalized spacial score (nSPS) is 12.5. The molecule has 2 atom stereocenters. The lowest BCUT2D eigenvalue weighted by Gasteiger charge is -2.32. The molecule has 2 amide bonds. The van der Waals surface area contributed by atoms with Gasteiger partial charge in [-0.3, -0.25) is 9.59 Å². The maximum atomic E-state index is 13.6. The Morgan fingerprint density at radius 2 is 1.64 bits per heavy atom. The van der Waals surface area contributed by atoms with E-state index in [0.717, 1.165) is 12.0 Å². The first-order valence-electron chi connectivity index (χ1n) is 11.7. The van der Waals surface area contributed by atoms with Gasteiger partial charge in [0.25, 0.3) is 5.91 Å². The number of rotatable bonds is 11. The molecule has 190 valence electrons. The summed E-state index contributed by atoms with van der Waals surface area (Å²) in [6.45, 7) is 3.73. The number of benzene rings is 3. The summed E-state index contributed by atoms with van der Waals surface area (Å²) in [5.74, 6) is -0.230. The van der Waals surface area contributed by atoms with E-state index in [-0.39, 0.29) is 31.0 Å². The van der Waals surface area contributed by atoms with E-state index in [2.05, 4.69) is 5.32 Å². The average Bonchev–Trinajstić information content (AvgIpc) is 2.87. The number of amides is 2. The van der Waals surface area contributed by atoms with Crippen LogP contribution in [0, 0.1) is 0 Å². The highest BCUT2D eigenvalue weighted by Crippen LogP contribution is 2.26. The third-order valence-electron chi connectivity index (χ3n) is 5.82. The predicted octanol–water partition coefficient (Wildman–Crippen LogP) is 6.58. The van der Waals surface area contributed by atoms with E-state index in [1.807, 2.05) is 44.2 Å². The van der Waals surface area contributed by atoms with Crippen LogP contribution < -0.4 is 10.1 Å². The van der Waals surface area contributed by atoms with Gasteiger partial charge in [-0.2, -0.15) is 0 Å². The smallest absolute Gasteiger partial charge is 0.261 e. The molecular formula is C28H29Cl3N2O3. The molecule has 0 heterocycles. The number of hydrogen-bond acceptors (Lipinski definition) is 3. The maximum Gasteiger partial charge on any atom is 0.261 e. The lowest BCUT2D eigenvalue weighted by Crippen LogP contribution is -2.53. The fourth-order valence-corrected chi connectivity index (χ4v) is 4.27. The molecule has 0 saturated heterocycles. The van der Waals surface area contributed by atoms with Gasteiger partial charge in [0.05, 0.1) is 5.02 Å². The lowest BCUT2D eigenvalue weighted by molar-refractivity contribution is -0.143. The minimum Gasteiger partial charge on any atom is -0.482 e. The summed E-state index contributed by atoms with van der Waals surface area (Å²) in [5.41, 5.74) is 1.59. The second-order valence-corrected chi connectivity index (χ2v) is 9.75. The van der Waals surface area contributed by atoms with Crippen LogP contribution in [0.3, 0.4) is 0 Å². The van der Waals surface area contributed by atoms with Crippen LogP contribution in [-0.2, 0) is 22.6 Å². The van der Waals surface area contributed by atoms with E-state index in [1.54, 1.807) is 42.5 Å². The number of carbonyl (C=O) groups excluding carboxylic acids is 2. The highest BCUT2D eigenvalue weighted by Gasteiger charge is 2.31. The summed E-state index contributed by atoms with van der Waals surface area (Å²) in [6, 6.07) is 20.7. The van der Waals surface area contributed by atoms with Crippen molar-refractivity contribution in [3.8, 4) is 5.75 Å². The predicted molar refractivity (Wildman–Crippen MR) is 146 cm³/mol. The third-order valence-corrected chi connectivity index (χ3v) is 6.71. The van der Waals surface area contributed by atoms with Gasteiger partial charge in [-0.05, 0) is 48.7 Å². The van der Waals surface area contributed by atoms with Crippen molar-refractivity contribution in [3.63, 3.8) is 0 Å². The number of ether oxygens (including phenoxy) is 1. The molecule has 8 heteroatoms. The van der Waals surface area contributed by atoms with Crippen molar-refractivity contribution in [2.75, 3.05) is 6.61 Å². The molecule has 3 aromatic rings. The second-order valence-electron chi connectivity index (χ2n) is 8.50. The molecule has 0 aromatic heterocycles. The quantitative estimate of drug-likeness (QED) is 0.295. The summed E-state index contributed by atoms with van der Waals surface area (Å²) >= 11 is 18.7. The van der Waals surface area contributed by atoms with E-state index in [1.165, 1.54) is 4.90 Å². The van der Waals surface area contributed by atoms with Crippen molar-refractivity contribution in [1.82, 2.24) is 10.2 Å². The van der Waals surface area contributed by atoms with Crippen LogP contribution >= 0.6 is 34.8 Å². The molecule has 0 fully saturated rings. The minimum absolute atomic E-state index is 0.0498. The number of nitrogens with one attached hydrogen (secondary N) is 1. The van der Waals surface area contributed by atoms with Gasteiger partial charge in [0.2, 0.25) is 5.91 Å². The Balaban J connectivity index is 1.95. The van der Waals surface area contributed by atoms with Gasteiger partial charge in [0, 0.05) is 29.1 Å². The summed E-state index contributed by atoms with van der Waals surface area (Å²) in [5, 5.41) is 4.32. The van der Waals surface area contributed by atoms with Gasteiger partial charge < -0.3 is 15.0 Å². The van der Waals surface area contributed by atoms with Crippen LogP contribution in [0.25, 0.3) is 0 Å². The molecule has 0 aliphatic rings. The Morgan fingerprint density at radius 1 is 0.944 bits per heavy atom. The van der Waals surface area contributed by atoms with Gasteiger partial charge in [-0.15, -0.1) is 0 Å². The van der Waals surface area contributed by atoms with Gasteiger partial charge in [0.1, 0.15) is 11.8 Å². The molecule has 5 nitrogen and oxygen atoms in total. The molecule has 0 bridgehead atoms. The van der Waals surface area contributed by atoms with E-state index in [9.17, 15) is 9.59 Å². The molecule has 3 aromatic carbocycles. The molecule has 3 rings (SSSR count). The summed E-state index contributed by atoms with van der Waals surface area (Å²) in [4.78, 5) is 28.6. The summed E-state index contributed by atoms with van der Waals surface area (Å²) in [7, 11) is 0. The van der Waals surface area contributed by atoms with Crippen molar-refractivity contribution >= 4 is 46.6 Å². The zero-order valence-electron chi connectivity index (χ0n) is 20.2. The Hall–Kier alpha value is -2.73. The minimum atomic E-state index is -0.796. The second kappa shape index (κ2) is 13.5. The van der Waals surface area contributed by atoms with Crippen LogP contribution in [0.5, 0.6) is 5.75 Å². The van der Waals surface area contributed by atoms with Gasteiger partial charge >= 0.3 is 0 Å². The van der Waals surface area contributed by atoms with Gasteiger partial charge in [-0.25, -0.2) is 0 Å². The molecule has 36 heavy (non-hydrogen) atoms. The topological polar surface area (TPSA) is 58.6 Å². The monoisotopic (exact) mass is 546 g/mol. The van der Waals surface area contributed by atoms with Gasteiger partial charge in [0.15, 0.2) is 6.61 Å². The zero-order chi connectivity index (χ0) is 26.1. The standard InChI is InChI=1S/C28H29Cl3N2O3/c1-3-19(2)32-28(35)25(15-20-9-5-4-6-10-20)33(17-21-13-14-22(29)16-24(21)31)27(34)18-36-26-12-8-7-11-23(26)30/h4-14,16,19,25H,3,15,17-18H2,1-2H3,(H,32,35). The Labute approximate surface area is 227 Å². The van der Waals surface area contributed by atoms with E-state index in [4.69, 9.17) is 39.5 Å². The molecule has 1 N–H and O–H groups in total. The van der Waals surface area contributed by atoms with E-state index >= 15 is 0 Å². The lowest BCUT2D eigenvalue weighted by atomic mass is 10.0. The highest BCUT2D eigenvalue weighted by atomic mass is 35.5. The first kappa shape index (κ1) is 27.9. The molecule has 2 unspecified atom stereocenters. The van der Waals surface area contributed by atoms with Crippen molar-refractivity contribution < 1.29 is 14.3 Å². The number of para-hydroxylation sites is 1. The fraction of sp³-hybridized carbons (Fsp3) is 0.286. The maximum absolute atomic E-state index is 13.6. The number of hydrogen-bond donors (Lipinski definition) is 1. The summed E-state index contributed by atoms with van der Waals surface area (Å²) in [6.07, 6.45) is 1.09. The fourth-order valence-electron chi connectivity index (χ4n) is 3.61. The molecular weight excluding hydrogens is 519 g/mol. The zero-order valence-corrected chi connectivity index (χ0v) is 22.5. The van der Waals surface area contributed by atoms with Crippen LogP contribution in [-0.4, -0.2) is 35.4 Å². The average molecular weight is 548 g/mol. The van der Waals surface area contributed by atoms with Crippen LogP contribution in [0.4, 0.5) is 0 Å². The van der Waals surface area contributed by atoms with Crippen molar-refractivity contribution in [3.05, 3.63) is 99.0 Å². The number of nitrogens with zero attached hydrogens (tertiary/aromatic N) is 1. The molecule has 0 spiro atoms. The van der Waals surface area contributed by atoms with E-state index < -0.39 is 6.04 Å². The largest absolute Gasteiger partial charge is 0.482 e. The first-order valence-corrected chi connectivity index (χ1v) is 12.9. The Morgan fingerprint density at radius 3 is 2.31 bits per heavy atom. The van der Waals surface area contributed by atoms with Gasteiger partial charge in [-0.1, -0.05) is 90.3 Å². The molecule has 0 aliphatic carbocycles. The highest BCUT2D eigenvalue weighted by molar-refractivity contribution is 6.35. The SMILES string of the molecule is CCC(C)NC(=O)C(Cc1ccccc1)N(Cc1ccc(Cl)cc1Cl)C(=O)COc1ccccc1Cl. The van der Waals surface area contributed by atoms with Crippen LogP contribution in [0.2, 0.25) is 15.1 Å². The molecule has 0 aliphatic heterocycles. The van der Waals surface area contributed by atoms with Crippen molar-refractivity contribution in [1.29, 1.82) is 0 Å². The Bertz CT molecular complexity index is 1170. The molecule has 0 radical (unpaired) electrons. The molecule has 0 saturated carbocycles. The first-order chi connectivity index (χ1) is 17.3. The van der Waals surface area contributed by atoms with Crippen molar-refractivity contribution in [2.45, 2.75) is 45.3 Å². The third kappa shape index (κ3) is 7.89. The van der Waals surface area contributed by atoms with Crippen LogP contribution in [0.1, 0.15) is 31.4 Å². The number of halogens is 3. The number of carbonyl (C=O) groups is 2.